The van der Waals surface area contributed by atoms with Gasteiger partial charge in [0, 0.05) is 18.6 Å². The lowest BCUT2D eigenvalue weighted by molar-refractivity contribution is -0.122. The van der Waals surface area contributed by atoms with Crippen molar-refractivity contribution in [2.24, 2.45) is 17.4 Å². The van der Waals surface area contributed by atoms with E-state index >= 15 is 0 Å². The zero-order valence-corrected chi connectivity index (χ0v) is 12.2. The van der Waals surface area contributed by atoms with Gasteiger partial charge in [-0.15, -0.1) is 0 Å². The van der Waals surface area contributed by atoms with Gasteiger partial charge in [-0.3, -0.25) is 9.78 Å². The maximum Gasteiger partial charge on any atom is 0.222 e. The summed E-state index contributed by atoms with van der Waals surface area (Å²) in [6, 6.07) is 4.40. The van der Waals surface area contributed by atoms with Crippen molar-refractivity contribution in [2.75, 3.05) is 11.4 Å². The lowest BCUT2D eigenvalue weighted by atomic mass is 9.92. The number of amides is 1. The molecule has 2 heterocycles. The fourth-order valence-corrected chi connectivity index (χ4v) is 2.69. The summed E-state index contributed by atoms with van der Waals surface area (Å²) in [6.07, 6.45) is 4.57. The minimum atomic E-state index is -0.209. The summed E-state index contributed by atoms with van der Waals surface area (Å²) in [6.45, 7) is 4.89. The van der Waals surface area contributed by atoms with Crippen LogP contribution in [0.2, 0.25) is 0 Å². The van der Waals surface area contributed by atoms with Crippen molar-refractivity contribution in [3.63, 3.8) is 0 Å². The molecule has 2 rings (SSSR count). The molecule has 1 aliphatic rings. The lowest BCUT2D eigenvalue weighted by Gasteiger charge is -2.38. The minimum Gasteiger partial charge on any atom is -0.369 e. The SMILES string of the molecule is CCC(N)c1ccc(N2CC(C(N)=O)CCC2C)cn1. The van der Waals surface area contributed by atoms with Crippen molar-refractivity contribution < 1.29 is 4.79 Å². The van der Waals surface area contributed by atoms with E-state index in [4.69, 9.17) is 11.5 Å². The molecule has 110 valence electrons. The number of rotatable bonds is 4. The third-order valence-corrected chi connectivity index (χ3v) is 4.21. The number of piperidine rings is 1. The van der Waals surface area contributed by atoms with Gasteiger partial charge in [0.05, 0.1) is 23.5 Å². The number of primary amides is 1. The molecule has 3 atom stereocenters. The minimum absolute atomic E-state index is 0.0128. The average molecular weight is 276 g/mol. The van der Waals surface area contributed by atoms with Crippen LogP contribution in [0.25, 0.3) is 0 Å². The summed E-state index contributed by atoms with van der Waals surface area (Å²) in [5.41, 5.74) is 13.4. The molecule has 1 aliphatic heterocycles. The quantitative estimate of drug-likeness (QED) is 0.874. The number of carbonyl (C=O) groups excluding carboxylic acids is 1. The van der Waals surface area contributed by atoms with Gasteiger partial charge in [0.25, 0.3) is 0 Å². The largest absolute Gasteiger partial charge is 0.369 e. The highest BCUT2D eigenvalue weighted by Gasteiger charge is 2.28. The third kappa shape index (κ3) is 3.10. The highest BCUT2D eigenvalue weighted by atomic mass is 16.1. The van der Waals surface area contributed by atoms with Gasteiger partial charge >= 0.3 is 0 Å². The van der Waals surface area contributed by atoms with Gasteiger partial charge < -0.3 is 16.4 Å². The molecule has 1 aromatic heterocycles. The van der Waals surface area contributed by atoms with Crippen molar-refractivity contribution in [3.8, 4) is 0 Å². The smallest absolute Gasteiger partial charge is 0.222 e. The summed E-state index contributed by atoms with van der Waals surface area (Å²) < 4.78 is 0. The maximum absolute atomic E-state index is 11.4. The zero-order valence-electron chi connectivity index (χ0n) is 12.2. The molecule has 0 spiro atoms. The van der Waals surface area contributed by atoms with Crippen LogP contribution in [0.15, 0.2) is 18.3 Å². The van der Waals surface area contributed by atoms with E-state index in [1.165, 1.54) is 0 Å². The summed E-state index contributed by atoms with van der Waals surface area (Å²) >= 11 is 0. The van der Waals surface area contributed by atoms with Crippen LogP contribution in [0.4, 0.5) is 5.69 Å². The summed E-state index contributed by atoms with van der Waals surface area (Å²) in [7, 11) is 0. The molecule has 5 nitrogen and oxygen atoms in total. The van der Waals surface area contributed by atoms with E-state index in [0.717, 1.165) is 30.6 Å². The van der Waals surface area contributed by atoms with Crippen LogP contribution in [0, 0.1) is 5.92 Å². The maximum atomic E-state index is 11.4. The van der Waals surface area contributed by atoms with Gasteiger partial charge in [0.2, 0.25) is 5.91 Å². The van der Waals surface area contributed by atoms with Crippen LogP contribution in [0.5, 0.6) is 0 Å². The monoisotopic (exact) mass is 276 g/mol. The van der Waals surface area contributed by atoms with Gasteiger partial charge in [0.15, 0.2) is 0 Å². The number of hydrogen-bond donors (Lipinski definition) is 2. The van der Waals surface area contributed by atoms with Gasteiger partial charge in [-0.1, -0.05) is 6.92 Å². The number of anilines is 1. The summed E-state index contributed by atoms with van der Waals surface area (Å²) in [5, 5.41) is 0. The van der Waals surface area contributed by atoms with Crippen LogP contribution < -0.4 is 16.4 Å². The first-order valence-electron chi connectivity index (χ1n) is 7.30. The highest BCUT2D eigenvalue weighted by Crippen LogP contribution is 2.27. The number of pyridine rings is 1. The molecule has 1 fully saturated rings. The molecule has 0 aromatic carbocycles. The Morgan fingerprint density at radius 1 is 1.50 bits per heavy atom. The molecule has 0 radical (unpaired) electrons. The molecular formula is C15H24N4O. The first-order chi connectivity index (χ1) is 9.52. The molecule has 20 heavy (non-hydrogen) atoms. The molecule has 0 aliphatic carbocycles. The Hall–Kier alpha value is -1.62. The molecule has 5 heteroatoms. The fraction of sp³-hybridized carbons (Fsp3) is 0.600. The third-order valence-electron chi connectivity index (χ3n) is 4.21. The molecule has 1 saturated heterocycles. The summed E-state index contributed by atoms with van der Waals surface area (Å²) in [4.78, 5) is 18.0. The van der Waals surface area contributed by atoms with Crippen LogP contribution in [-0.4, -0.2) is 23.5 Å². The van der Waals surface area contributed by atoms with E-state index in [9.17, 15) is 4.79 Å². The number of hydrogen-bond acceptors (Lipinski definition) is 4. The first-order valence-corrected chi connectivity index (χ1v) is 7.30. The van der Waals surface area contributed by atoms with E-state index in [1.54, 1.807) is 0 Å². The molecule has 4 N–H and O–H groups in total. The Bertz CT molecular complexity index is 459. The Morgan fingerprint density at radius 3 is 2.80 bits per heavy atom. The molecule has 0 saturated carbocycles. The average Bonchev–Trinajstić information content (AvgIpc) is 2.47. The van der Waals surface area contributed by atoms with Crippen molar-refractivity contribution >= 4 is 11.6 Å². The van der Waals surface area contributed by atoms with E-state index < -0.39 is 0 Å². The Balaban J connectivity index is 2.14. The standard InChI is InChI=1S/C15H24N4O/c1-3-13(16)14-7-6-12(8-18-14)19-9-11(15(17)20)5-4-10(19)2/h6-8,10-11,13H,3-5,9,16H2,1-2H3,(H2,17,20). The molecular weight excluding hydrogens is 252 g/mol. The Labute approximate surface area is 120 Å². The van der Waals surface area contributed by atoms with Crippen molar-refractivity contribution in [3.05, 3.63) is 24.0 Å². The van der Waals surface area contributed by atoms with E-state index in [1.807, 2.05) is 25.3 Å². The molecule has 0 bridgehead atoms. The highest BCUT2D eigenvalue weighted by molar-refractivity contribution is 5.77. The normalized spacial score (nSPS) is 24.4. The second-order valence-corrected chi connectivity index (χ2v) is 5.63. The predicted molar refractivity (Wildman–Crippen MR) is 80.2 cm³/mol. The Morgan fingerprint density at radius 2 is 2.25 bits per heavy atom. The second kappa shape index (κ2) is 6.22. The molecule has 1 amide bonds. The van der Waals surface area contributed by atoms with Gasteiger partial charge in [-0.25, -0.2) is 0 Å². The Kier molecular flexibility index (Phi) is 4.60. The van der Waals surface area contributed by atoms with Crippen molar-refractivity contribution in [1.82, 2.24) is 4.98 Å². The lowest BCUT2D eigenvalue weighted by Crippen LogP contribution is -2.46. The molecule has 3 unspecified atom stereocenters. The zero-order chi connectivity index (χ0) is 14.7. The van der Waals surface area contributed by atoms with Crippen molar-refractivity contribution in [1.29, 1.82) is 0 Å². The summed E-state index contributed by atoms with van der Waals surface area (Å²) in [5.74, 6) is -0.275. The molecule has 1 aromatic rings. The van der Waals surface area contributed by atoms with Gasteiger partial charge in [-0.05, 0) is 38.3 Å². The van der Waals surface area contributed by atoms with Crippen LogP contribution in [0.3, 0.4) is 0 Å². The van der Waals surface area contributed by atoms with Crippen LogP contribution >= 0.6 is 0 Å². The van der Waals surface area contributed by atoms with E-state index in [-0.39, 0.29) is 17.9 Å². The second-order valence-electron chi connectivity index (χ2n) is 5.63. The van der Waals surface area contributed by atoms with Crippen molar-refractivity contribution in [2.45, 2.75) is 45.2 Å². The number of aromatic nitrogens is 1. The number of nitrogens with zero attached hydrogens (tertiary/aromatic N) is 2. The van der Waals surface area contributed by atoms with E-state index in [2.05, 4.69) is 16.8 Å². The fourth-order valence-electron chi connectivity index (χ4n) is 2.69. The topological polar surface area (TPSA) is 85.2 Å². The van der Waals surface area contributed by atoms with Crippen LogP contribution in [0.1, 0.15) is 44.8 Å². The number of carbonyl (C=O) groups is 1. The number of nitrogens with two attached hydrogens (primary N) is 2. The first kappa shape index (κ1) is 14.8. The van der Waals surface area contributed by atoms with Gasteiger partial charge in [0.1, 0.15) is 0 Å². The van der Waals surface area contributed by atoms with E-state index in [0.29, 0.717) is 12.6 Å². The van der Waals surface area contributed by atoms with Crippen LogP contribution in [-0.2, 0) is 4.79 Å². The predicted octanol–water partition coefficient (Wildman–Crippen LogP) is 1.58. The van der Waals surface area contributed by atoms with Gasteiger partial charge in [-0.2, -0.15) is 0 Å².